The Hall–Kier alpha value is -10.7. The highest BCUT2D eigenvalue weighted by atomic mass is 35.5. The molecule has 0 bridgehead atoms. The minimum atomic E-state index is -0.0706. The molecule has 688 valence electrons. The Kier molecular flexibility index (Phi) is 26.4. The van der Waals surface area contributed by atoms with Gasteiger partial charge < -0.3 is 57.9 Å². The monoisotopic (exact) mass is 1830 g/mol. The highest BCUT2D eigenvalue weighted by molar-refractivity contribution is 6.37. The Morgan fingerprint density at radius 1 is 0.371 bits per heavy atom. The van der Waals surface area contributed by atoms with Gasteiger partial charge >= 0.3 is 0 Å². The first-order valence-corrected chi connectivity index (χ1v) is 47.9. The molecule has 2 spiro atoms. The van der Waals surface area contributed by atoms with Gasteiger partial charge in [0.05, 0.1) is 149 Å². The second-order valence-electron chi connectivity index (χ2n) is 39.1. The van der Waals surface area contributed by atoms with Gasteiger partial charge in [-0.3, -0.25) is 34.9 Å². The number of aromatic nitrogens is 12. The van der Waals surface area contributed by atoms with Crippen LogP contribution in [0.5, 0.6) is 0 Å². The van der Waals surface area contributed by atoms with Crippen molar-refractivity contribution in [2.24, 2.45) is 69.9 Å². The third kappa shape index (κ3) is 19.2. The first-order chi connectivity index (χ1) is 63.5. The molecule has 1 saturated carbocycles. The van der Waals surface area contributed by atoms with Gasteiger partial charge in [0.2, 0.25) is 0 Å². The van der Waals surface area contributed by atoms with Gasteiger partial charge in [-0.25, -0.2) is 49.8 Å². The van der Waals surface area contributed by atoms with E-state index in [1.807, 2.05) is 76.0 Å². The molecule has 0 amide bonds. The second kappa shape index (κ2) is 38.0. The van der Waals surface area contributed by atoms with Crippen molar-refractivity contribution in [3.8, 4) is 0 Å². The van der Waals surface area contributed by atoms with E-state index in [9.17, 15) is 0 Å². The maximum atomic E-state index is 6.42. The van der Waals surface area contributed by atoms with Crippen LogP contribution in [0.2, 0.25) is 15.1 Å². The Labute approximate surface area is 789 Å². The van der Waals surface area contributed by atoms with Crippen LogP contribution >= 0.6 is 34.8 Å². The van der Waals surface area contributed by atoms with Crippen molar-refractivity contribution in [1.29, 1.82) is 0 Å². The largest absolute Gasteiger partial charge is 0.379 e. The first kappa shape index (κ1) is 91.8. The van der Waals surface area contributed by atoms with Gasteiger partial charge in [0, 0.05) is 146 Å². The summed E-state index contributed by atoms with van der Waals surface area (Å²) >= 11 is 19.1. The van der Waals surface area contributed by atoms with E-state index in [0.717, 1.165) is 297 Å². The van der Waals surface area contributed by atoms with Gasteiger partial charge in [-0.2, -0.15) is 0 Å². The quantitative estimate of drug-likeness (QED) is 0.0803. The lowest BCUT2D eigenvalue weighted by molar-refractivity contribution is 0.131. The number of piperidine rings is 5. The van der Waals surface area contributed by atoms with Crippen LogP contribution < -0.4 is 53.2 Å². The maximum absolute atomic E-state index is 6.42. The fourth-order valence-electron chi connectivity index (χ4n) is 20.2. The minimum Gasteiger partial charge on any atom is -0.379 e. The third-order valence-corrected chi connectivity index (χ3v) is 30.6. The van der Waals surface area contributed by atoms with Crippen molar-refractivity contribution in [3.63, 3.8) is 0 Å². The molecule has 3 aromatic carbocycles. The number of halogens is 3. The zero-order chi connectivity index (χ0) is 92.1. The van der Waals surface area contributed by atoms with Crippen LogP contribution in [0, 0.1) is 64.7 Å². The fourth-order valence-corrected chi connectivity index (χ4v) is 20.8. The van der Waals surface area contributed by atoms with Gasteiger partial charge in [0.25, 0.3) is 0 Å². The molecule has 0 radical (unpaired) electrons. The zero-order valence-corrected chi connectivity index (χ0v) is 80.0. The van der Waals surface area contributed by atoms with Crippen molar-refractivity contribution in [1.82, 2.24) is 59.8 Å². The third-order valence-electron chi connectivity index (χ3n) is 29.7. The summed E-state index contributed by atoms with van der Waals surface area (Å²) in [7, 11) is 0. The summed E-state index contributed by atoms with van der Waals surface area (Å²) < 4.78 is 5.62. The summed E-state index contributed by atoms with van der Waals surface area (Å²) in [6, 6.07) is 23.1. The summed E-state index contributed by atoms with van der Waals surface area (Å²) in [5, 5.41) is 1.87. The molecule has 7 fully saturated rings. The predicted octanol–water partition coefficient (Wildman–Crippen LogP) is 14.3. The Morgan fingerprint density at radius 2 is 0.705 bits per heavy atom. The normalized spacial score (nSPS) is 20.7. The summed E-state index contributed by atoms with van der Waals surface area (Å²) in [5.41, 5.74) is 58.3. The standard InChI is InChI=1S/C21H25ClN6.C21H27N5.C20H23ClN6O.C20H25N5.C19H22ClN5/c1-13-9-14(15(22)10-24-13)19-20-16(11-25-19)27-18(12-26-20)28-7-5-21(6-8-28)4-2-3-17(21)23;1-14-5-4-6-16(15(14)2)19-20-17(11-23-19)25-18(12-24-20)26-9-7-21(3,13-22)8-10-26;1-12-6-13(14(21)7-23-12)18-19-15(8-24-18)26-17(9-25-19)27-4-2-20(3-5-27)11-28-10-16(20)22;1-13-5-4-6-15(14(13)2)18-19-16(11-22-18)24-17(12-23-19)25-9-7-20(3,21)8-10-25;1-12-3-4-14(20)13(9-12)17-18-15(10-22-17)24-16(11-23-18)25-7-5-19(2,21)6-8-25/h9-10,12,17H,2-8,11,23H2,1H3;4-6,12H,7-11,13,22H2,1-3H3;6-7,9,16H,2-5,8,10-11,22H2,1H3;4-6,12H,7-11,21H2,1-3H3;3-4,9,11H,5-8,10,21H2,1-2H3/t17-;;16-;;/m1.1../s1. The molecule has 2 atom stereocenters. The number of hydrogen-bond acceptors (Lipinski definition) is 28. The summed E-state index contributed by atoms with van der Waals surface area (Å²) in [6.45, 7) is 35.6. The number of pyridine rings is 2. The number of aryl methyl sites for hydroxylation is 5. The van der Waals surface area contributed by atoms with E-state index in [-0.39, 0.29) is 27.9 Å². The number of anilines is 5. The lowest BCUT2D eigenvalue weighted by atomic mass is 9.74. The molecule has 6 saturated heterocycles. The van der Waals surface area contributed by atoms with Crippen molar-refractivity contribution in [2.75, 3.05) is 110 Å². The highest BCUT2D eigenvalue weighted by Gasteiger charge is 2.46. The topological polar surface area (TPSA) is 372 Å². The number of rotatable bonds is 11. The molecule has 7 aromatic heterocycles. The number of nitrogens with two attached hydrogens (primary N) is 5. The number of benzene rings is 3. The van der Waals surface area contributed by atoms with E-state index in [4.69, 9.17) is 123 Å². The molecule has 132 heavy (non-hydrogen) atoms. The van der Waals surface area contributed by atoms with Crippen LogP contribution in [-0.4, -0.2) is 197 Å². The number of nitrogens with zero attached hydrogens (tertiary/aromatic N) is 22. The van der Waals surface area contributed by atoms with Crippen LogP contribution in [0.3, 0.4) is 0 Å². The molecule has 10 aromatic rings. The lowest BCUT2D eigenvalue weighted by Gasteiger charge is -2.42. The molecule has 18 heterocycles. The molecular formula is C101H122Cl3N27O. The molecule has 31 heteroatoms. The highest BCUT2D eigenvalue weighted by Crippen LogP contribution is 2.47. The second-order valence-corrected chi connectivity index (χ2v) is 40.4. The van der Waals surface area contributed by atoms with Gasteiger partial charge in [-0.1, -0.05) is 96.2 Å². The molecule has 0 unspecified atom stereocenters. The average Bonchev–Trinajstić information content (AvgIpc) is 1.56. The van der Waals surface area contributed by atoms with E-state index in [1.54, 1.807) is 12.4 Å². The van der Waals surface area contributed by atoms with Gasteiger partial charge in [-0.15, -0.1) is 0 Å². The molecule has 28 nitrogen and oxygen atoms in total. The van der Waals surface area contributed by atoms with Crippen LogP contribution in [-0.2, 0) is 37.5 Å². The van der Waals surface area contributed by atoms with Crippen molar-refractivity contribution >= 4 is 92.5 Å². The van der Waals surface area contributed by atoms with Crippen LogP contribution in [0.15, 0.2) is 135 Å². The number of ether oxygens (including phenoxy) is 1. The van der Waals surface area contributed by atoms with Crippen LogP contribution in [0.1, 0.15) is 228 Å². The van der Waals surface area contributed by atoms with E-state index in [0.29, 0.717) is 65.9 Å². The smallest absolute Gasteiger partial charge is 0.147 e. The van der Waals surface area contributed by atoms with Crippen molar-refractivity contribution in [2.45, 2.75) is 209 Å². The molecule has 10 N–H and O–H groups in total. The van der Waals surface area contributed by atoms with E-state index in [2.05, 4.69) is 145 Å². The molecule has 12 aliphatic rings. The first-order valence-electron chi connectivity index (χ1n) is 46.8. The molecule has 11 aliphatic heterocycles. The Balaban J connectivity index is 0.000000111. The van der Waals surface area contributed by atoms with Crippen LogP contribution in [0.4, 0.5) is 29.1 Å². The van der Waals surface area contributed by atoms with Crippen molar-refractivity contribution < 1.29 is 4.74 Å². The summed E-state index contributed by atoms with van der Waals surface area (Å²) in [5.74, 6) is 4.70. The van der Waals surface area contributed by atoms with E-state index >= 15 is 0 Å². The van der Waals surface area contributed by atoms with Crippen LogP contribution in [0.25, 0.3) is 0 Å². The summed E-state index contributed by atoms with van der Waals surface area (Å²) in [6.07, 6.45) is 26.9. The maximum Gasteiger partial charge on any atom is 0.147 e. The predicted molar refractivity (Wildman–Crippen MR) is 528 cm³/mol. The zero-order valence-electron chi connectivity index (χ0n) is 77.7. The Morgan fingerprint density at radius 3 is 1.04 bits per heavy atom. The fraction of sp³-hybridized carbons (Fsp3) is 0.475. The molecular weight excluding hydrogens is 1710 g/mol. The average molecular weight is 1840 g/mol. The van der Waals surface area contributed by atoms with Gasteiger partial charge in [0.15, 0.2) is 0 Å². The number of hydrogen-bond donors (Lipinski definition) is 5. The van der Waals surface area contributed by atoms with Gasteiger partial charge in [0.1, 0.15) is 57.6 Å². The lowest BCUT2D eigenvalue weighted by Crippen LogP contribution is -2.49. The Bertz CT molecular complexity index is 5930. The van der Waals surface area contributed by atoms with E-state index in [1.165, 1.54) is 47.1 Å². The SMILES string of the molecule is Cc1cc(C2=NCc3nc(N4CCC5(CC4)COC[C@H]5N)cnc32)c(Cl)cn1.Cc1cc(C2=NCc3nc(N4CCC5(CCC[C@H]5N)CC4)cnc32)c(Cl)cn1.Cc1ccc(Cl)c(C2=NCc3nc(N4CCC(C)(N)CC4)cnc32)c1.Cc1cccc(C2=NCc3nc(N4CCC(C)(CN)CC4)cnc32)c1C.Cc1cccc(C2=NCc3nc(N4CCC(C)(N)CC4)cnc32)c1C. The molecule has 22 rings (SSSR count). The summed E-state index contributed by atoms with van der Waals surface area (Å²) in [4.78, 5) is 91.4. The molecule has 1 aliphatic carbocycles. The van der Waals surface area contributed by atoms with E-state index < -0.39 is 0 Å². The van der Waals surface area contributed by atoms with Gasteiger partial charge in [-0.05, 0) is 203 Å². The van der Waals surface area contributed by atoms with Crippen molar-refractivity contribution in [3.05, 3.63) is 249 Å². The number of fused-ring (bicyclic) bond motifs is 5. The minimum absolute atomic E-state index is 0.0559. The number of aliphatic imine (C=N–C) groups is 5.